The highest BCUT2D eigenvalue weighted by Crippen LogP contribution is 2.39. The van der Waals surface area contributed by atoms with Crippen LogP contribution in [0.4, 0.5) is 0 Å². The Morgan fingerprint density at radius 3 is 2.14 bits per heavy atom. The average molecular weight is 488 g/mol. The van der Waals surface area contributed by atoms with Crippen molar-refractivity contribution in [2.45, 2.75) is 95.2 Å². The Morgan fingerprint density at radius 2 is 1.47 bits per heavy atom. The molecule has 2 unspecified atom stereocenters. The standard InChI is InChI=1S/C20H21N5O2.C9H16/c26-18-11-21-10-16(23-18)19-20(27)25(17-7-2-1-6-15(17)24-19)14-8-12-4-3-5-13(9-14)22-12;1-3-8-5-2-6-9(4-1)7-8/h1-2,6-7,10-14,22H,3-5,8-9H2,(H,23,26);8-9H,1-7H2. The zero-order chi connectivity index (χ0) is 24.5. The van der Waals surface area contributed by atoms with Crippen molar-refractivity contribution in [3.8, 4) is 11.4 Å². The molecular formula is C29H37N5O2. The molecule has 4 fully saturated rings. The van der Waals surface area contributed by atoms with Crippen molar-refractivity contribution in [1.29, 1.82) is 0 Å². The summed E-state index contributed by atoms with van der Waals surface area (Å²) in [5, 5.41) is 3.69. The molecule has 2 aliphatic carbocycles. The molecule has 4 aliphatic rings. The van der Waals surface area contributed by atoms with Gasteiger partial charge in [0.05, 0.1) is 29.1 Å². The van der Waals surface area contributed by atoms with Crippen molar-refractivity contribution < 1.29 is 0 Å². The Hall–Kier alpha value is -2.80. The number of H-pyrrole nitrogens is 1. The van der Waals surface area contributed by atoms with Crippen LogP contribution in [0.25, 0.3) is 22.4 Å². The second kappa shape index (κ2) is 10.3. The van der Waals surface area contributed by atoms with Gasteiger partial charge in [0.15, 0.2) is 5.69 Å². The van der Waals surface area contributed by atoms with E-state index in [-0.39, 0.29) is 22.9 Å². The first-order valence-corrected chi connectivity index (χ1v) is 14.0. The largest absolute Gasteiger partial charge is 0.318 e. The summed E-state index contributed by atoms with van der Waals surface area (Å²) in [4.78, 5) is 36.3. The van der Waals surface area contributed by atoms with E-state index in [0.29, 0.717) is 17.8 Å². The van der Waals surface area contributed by atoms with Crippen molar-refractivity contribution >= 4 is 11.0 Å². The fourth-order valence-corrected chi connectivity index (χ4v) is 7.26. The van der Waals surface area contributed by atoms with E-state index in [9.17, 15) is 9.59 Å². The predicted molar refractivity (Wildman–Crippen MR) is 142 cm³/mol. The molecule has 2 aliphatic heterocycles. The number of hydrogen-bond donors (Lipinski definition) is 2. The van der Waals surface area contributed by atoms with Crippen LogP contribution in [0.5, 0.6) is 0 Å². The van der Waals surface area contributed by atoms with Gasteiger partial charge in [-0.05, 0) is 56.1 Å². The van der Waals surface area contributed by atoms with Crippen molar-refractivity contribution in [2.24, 2.45) is 11.8 Å². The maximum absolute atomic E-state index is 13.4. The van der Waals surface area contributed by atoms with E-state index in [1.54, 1.807) is 32.1 Å². The zero-order valence-corrected chi connectivity index (χ0v) is 21.0. The second-order valence-corrected chi connectivity index (χ2v) is 11.4. The summed E-state index contributed by atoms with van der Waals surface area (Å²) in [6.07, 6.45) is 19.0. The van der Waals surface area contributed by atoms with Gasteiger partial charge in [0, 0.05) is 18.1 Å². The van der Waals surface area contributed by atoms with Crippen LogP contribution in [0.1, 0.15) is 83.1 Å². The smallest absolute Gasteiger partial charge is 0.279 e. The van der Waals surface area contributed by atoms with Gasteiger partial charge in [0.2, 0.25) is 0 Å². The fraction of sp³-hybridized carbons (Fsp3) is 0.586. The first-order valence-electron chi connectivity index (χ1n) is 14.0. The quantitative estimate of drug-likeness (QED) is 0.532. The SMILES string of the molecule is C1CC2CCCC(C1)C2.O=c1cncc(-c2nc3ccccc3n(C3CC4CCCC(C3)N4)c2=O)[nH]1. The van der Waals surface area contributed by atoms with Crippen molar-refractivity contribution in [1.82, 2.24) is 24.8 Å². The number of piperidine rings is 2. The Bertz CT molecular complexity index is 1300. The normalized spacial score (nSPS) is 29.3. The molecule has 4 heterocycles. The van der Waals surface area contributed by atoms with E-state index in [0.717, 1.165) is 48.6 Å². The summed E-state index contributed by atoms with van der Waals surface area (Å²) in [6, 6.07) is 8.77. The number of fused-ring (bicyclic) bond motifs is 5. The molecule has 2 saturated carbocycles. The van der Waals surface area contributed by atoms with Gasteiger partial charge in [0.1, 0.15) is 0 Å². The van der Waals surface area contributed by atoms with Gasteiger partial charge in [-0.2, -0.15) is 0 Å². The third-order valence-electron chi connectivity index (χ3n) is 8.87. The molecule has 1 aromatic carbocycles. The Morgan fingerprint density at radius 1 is 0.806 bits per heavy atom. The summed E-state index contributed by atoms with van der Waals surface area (Å²) < 4.78 is 1.90. The zero-order valence-electron chi connectivity index (χ0n) is 21.0. The van der Waals surface area contributed by atoms with Crippen LogP contribution in [-0.2, 0) is 0 Å². The molecule has 2 aromatic heterocycles. The second-order valence-electron chi connectivity index (χ2n) is 11.4. The third kappa shape index (κ3) is 4.90. The number of nitrogens with one attached hydrogen (secondary N) is 2. The molecule has 0 spiro atoms. The molecule has 4 bridgehead atoms. The lowest BCUT2D eigenvalue weighted by molar-refractivity contribution is 0.189. The number of aromatic nitrogens is 4. The lowest BCUT2D eigenvalue weighted by Crippen LogP contribution is -2.50. The number of hydrogen-bond acceptors (Lipinski definition) is 5. The minimum Gasteiger partial charge on any atom is -0.318 e. The number of nitrogens with zero attached hydrogens (tertiary/aromatic N) is 3. The van der Waals surface area contributed by atoms with E-state index < -0.39 is 0 Å². The molecule has 7 nitrogen and oxygen atoms in total. The first kappa shape index (κ1) is 23.6. The van der Waals surface area contributed by atoms with E-state index in [1.165, 1.54) is 31.7 Å². The van der Waals surface area contributed by atoms with Gasteiger partial charge in [-0.1, -0.05) is 57.1 Å². The minimum absolute atomic E-state index is 0.129. The molecule has 2 atom stereocenters. The van der Waals surface area contributed by atoms with Crippen LogP contribution >= 0.6 is 0 Å². The van der Waals surface area contributed by atoms with Crippen LogP contribution < -0.4 is 16.4 Å². The van der Waals surface area contributed by atoms with Crippen LogP contribution in [-0.4, -0.2) is 31.6 Å². The van der Waals surface area contributed by atoms with E-state index >= 15 is 0 Å². The van der Waals surface area contributed by atoms with Gasteiger partial charge in [-0.25, -0.2) is 4.98 Å². The summed E-state index contributed by atoms with van der Waals surface area (Å²) in [7, 11) is 0. The van der Waals surface area contributed by atoms with E-state index in [1.807, 2.05) is 28.8 Å². The van der Waals surface area contributed by atoms with Gasteiger partial charge in [0.25, 0.3) is 11.1 Å². The average Bonchev–Trinajstić information content (AvgIpc) is 2.88. The van der Waals surface area contributed by atoms with Crippen molar-refractivity contribution in [3.63, 3.8) is 0 Å². The highest BCUT2D eigenvalue weighted by Gasteiger charge is 2.33. The molecule has 0 radical (unpaired) electrons. The van der Waals surface area contributed by atoms with Crippen LogP contribution in [0.3, 0.4) is 0 Å². The van der Waals surface area contributed by atoms with Crippen LogP contribution in [0, 0.1) is 11.8 Å². The molecular weight excluding hydrogens is 450 g/mol. The van der Waals surface area contributed by atoms with Gasteiger partial charge >= 0.3 is 0 Å². The van der Waals surface area contributed by atoms with Crippen LogP contribution in [0.15, 0.2) is 46.2 Å². The van der Waals surface area contributed by atoms with Gasteiger partial charge in [-0.3, -0.25) is 14.6 Å². The summed E-state index contributed by atoms with van der Waals surface area (Å²) in [6.45, 7) is 0. The Labute approximate surface area is 211 Å². The molecule has 2 saturated heterocycles. The summed E-state index contributed by atoms with van der Waals surface area (Å²) in [5.74, 6) is 2.30. The van der Waals surface area contributed by atoms with Gasteiger partial charge < -0.3 is 14.9 Å². The topological polar surface area (TPSA) is 92.7 Å². The Balaban J connectivity index is 0.000000223. The summed E-state index contributed by atoms with van der Waals surface area (Å²) >= 11 is 0. The molecule has 7 heteroatoms. The number of aromatic amines is 1. The minimum atomic E-state index is -0.343. The highest BCUT2D eigenvalue weighted by molar-refractivity contribution is 5.77. The fourth-order valence-electron chi connectivity index (χ4n) is 7.26. The molecule has 0 amide bonds. The van der Waals surface area contributed by atoms with Crippen molar-refractivity contribution in [3.05, 3.63) is 57.4 Å². The number of para-hydroxylation sites is 2. The predicted octanol–water partition coefficient (Wildman–Crippen LogP) is 4.97. The Kier molecular flexibility index (Phi) is 6.74. The van der Waals surface area contributed by atoms with E-state index in [2.05, 4.69) is 20.3 Å². The molecule has 2 N–H and O–H groups in total. The third-order valence-corrected chi connectivity index (χ3v) is 8.87. The maximum Gasteiger partial charge on any atom is 0.279 e. The molecule has 3 aromatic rings. The van der Waals surface area contributed by atoms with Crippen molar-refractivity contribution in [2.75, 3.05) is 0 Å². The van der Waals surface area contributed by atoms with Crippen LogP contribution in [0.2, 0.25) is 0 Å². The number of rotatable bonds is 2. The maximum atomic E-state index is 13.4. The monoisotopic (exact) mass is 487 g/mol. The lowest BCUT2D eigenvalue weighted by Gasteiger charge is -2.41. The highest BCUT2D eigenvalue weighted by atomic mass is 16.1. The number of benzene rings is 1. The molecule has 36 heavy (non-hydrogen) atoms. The van der Waals surface area contributed by atoms with E-state index in [4.69, 9.17) is 0 Å². The first-order chi connectivity index (χ1) is 17.6. The molecule has 190 valence electrons. The molecule has 7 rings (SSSR count). The lowest BCUT2D eigenvalue weighted by atomic mass is 9.72. The summed E-state index contributed by atoms with van der Waals surface area (Å²) in [5.41, 5.74) is 1.71. The van der Waals surface area contributed by atoms with Gasteiger partial charge in [-0.15, -0.1) is 0 Å².